The molecule has 2 N–H and O–H groups in total. The molecule has 3 aromatic rings. The average molecular weight is 316 g/mol. The SMILES string of the molecule is CN(c1ccccc1)c1sc(N)nc1-c1ccc(Cl)cc1. The Bertz CT molecular complexity index is 738. The molecule has 0 bridgehead atoms. The van der Waals surface area contributed by atoms with Gasteiger partial charge in [0, 0.05) is 23.3 Å². The number of benzene rings is 2. The molecule has 0 aliphatic rings. The molecule has 0 atom stereocenters. The van der Waals surface area contributed by atoms with Crippen LogP contribution in [0, 0.1) is 0 Å². The van der Waals surface area contributed by atoms with Crippen LogP contribution in [0.5, 0.6) is 0 Å². The highest BCUT2D eigenvalue weighted by Crippen LogP contribution is 2.40. The Morgan fingerprint density at radius 2 is 1.71 bits per heavy atom. The maximum atomic E-state index is 5.95. The number of anilines is 3. The van der Waals surface area contributed by atoms with Crippen molar-refractivity contribution >= 4 is 38.8 Å². The molecule has 0 amide bonds. The van der Waals surface area contributed by atoms with Crippen LogP contribution in [0.25, 0.3) is 11.3 Å². The summed E-state index contributed by atoms with van der Waals surface area (Å²) in [5, 5.41) is 2.28. The molecule has 0 saturated heterocycles. The van der Waals surface area contributed by atoms with Crippen LogP contribution < -0.4 is 10.6 Å². The standard InChI is InChI=1S/C16H14ClN3S/c1-20(13-5-3-2-4-6-13)15-14(19-16(18)21-15)11-7-9-12(17)10-8-11/h2-10H,1H3,(H2,18,19). The van der Waals surface area contributed by atoms with Crippen molar-refractivity contribution in [3.8, 4) is 11.3 Å². The molecule has 3 rings (SSSR count). The second-order valence-corrected chi connectivity index (χ2v) is 6.05. The van der Waals surface area contributed by atoms with E-state index in [1.165, 1.54) is 11.3 Å². The normalized spacial score (nSPS) is 10.6. The van der Waals surface area contributed by atoms with Gasteiger partial charge in [-0.1, -0.05) is 53.3 Å². The third-order valence-electron chi connectivity index (χ3n) is 3.19. The zero-order valence-electron chi connectivity index (χ0n) is 11.5. The lowest BCUT2D eigenvalue weighted by Crippen LogP contribution is -2.08. The maximum Gasteiger partial charge on any atom is 0.182 e. The topological polar surface area (TPSA) is 42.1 Å². The fourth-order valence-electron chi connectivity index (χ4n) is 2.12. The van der Waals surface area contributed by atoms with Gasteiger partial charge in [0.2, 0.25) is 0 Å². The molecule has 3 nitrogen and oxygen atoms in total. The Morgan fingerprint density at radius 1 is 1.05 bits per heavy atom. The van der Waals surface area contributed by atoms with Crippen LogP contribution in [0.2, 0.25) is 5.02 Å². The molecule has 106 valence electrons. The number of rotatable bonds is 3. The minimum Gasteiger partial charge on any atom is -0.375 e. The smallest absolute Gasteiger partial charge is 0.182 e. The summed E-state index contributed by atoms with van der Waals surface area (Å²) in [4.78, 5) is 6.56. The minimum absolute atomic E-state index is 0.553. The second kappa shape index (κ2) is 5.76. The van der Waals surface area contributed by atoms with Crippen LogP contribution >= 0.6 is 22.9 Å². The fourth-order valence-corrected chi connectivity index (χ4v) is 3.08. The Labute approximate surface area is 132 Å². The van der Waals surface area contributed by atoms with E-state index >= 15 is 0 Å². The highest BCUT2D eigenvalue weighted by molar-refractivity contribution is 7.20. The van der Waals surface area contributed by atoms with Gasteiger partial charge < -0.3 is 10.6 Å². The lowest BCUT2D eigenvalue weighted by atomic mass is 10.1. The molecule has 0 aliphatic carbocycles. The number of para-hydroxylation sites is 1. The molecule has 5 heteroatoms. The van der Waals surface area contributed by atoms with Crippen LogP contribution in [0.1, 0.15) is 0 Å². The summed E-state index contributed by atoms with van der Waals surface area (Å²) in [6.45, 7) is 0. The molecule has 1 aromatic heterocycles. The van der Waals surface area contributed by atoms with Gasteiger partial charge in [-0.15, -0.1) is 0 Å². The molecule has 0 unspecified atom stereocenters. The van der Waals surface area contributed by atoms with Crippen LogP contribution in [-0.4, -0.2) is 12.0 Å². The van der Waals surface area contributed by atoms with Gasteiger partial charge in [-0.3, -0.25) is 0 Å². The number of nitrogens with two attached hydrogens (primary N) is 1. The van der Waals surface area contributed by atoms with Gasteiger partial charge in [-0.25, -0.2) is 4.98 Å². The maximum absolute atomic E-state index is 5.95. The zero-order chi connectivity index (χ0) is 14.8. The lowest BCUT2D eigenvalue weighted by molar-refractivity contribution is 1.23. The molecule has 0 aliphatic heterocycles. The largest absolute Gasteiger partial charge is 0.375 e. The molecule has 0 fully saturated rings. The molecule has 2 aromatic carbocycles. The summed E-state index contributed by atoms with van der Waals surface area (Å²) in [5.41, 5.74) is 8.89. The second-order valence-electron chi connectivity index (χ2n) is 4.61. The van der Waals surface area contributed by atoms with E-state index in [1.54, 1.807) is 0 Å². The fraction of sp³-hybridized carbons (Fsp3) is 0.0625. The van der Waals surface area contributed by atoms with E-state index in [-0.39, 0.29) is 0 Å². The van der Waals surface area contributed by atoms with Crippen molar-refractivity contribution in [3.05, 3.63) is 59.6 Å². The van der Waals surface area contributed by atoms with Crippen molar-refractivity contribution in [1.82, 2.24) is 4.98 Å². The van der Waals surface area contributed by atoms with E-state index in [4.69, 9.17) is 17.3 Å². The monoisotopic (exact) mass is 315 g/mol. The van der Waals surface area contributed by atoms with Crippen LogP contribution in [0.3, 0.4) is 0 Å². The zero-order valence-corrected chi connectivity index (χ0v) is 13.0. The Morgan fingerprint density at radius 3 is 2.38 bits per heavy atom. The first-order valence-electron chi connectivity index (χ1n) is 6.46. The summed E-state index contributed by atoms with van der Waals surface area (Å²) in [6, 6.07) is 17.8. The summed E-state index contributed by atoms with van der Waals surface area (Å²) >= 11 is 7.43. The molecule has 0 spiro atoms. The van der Waals surface area contributed by atoms with Gasteiger partial charge in [-0.2, -0.15) is 0 Å². The number of halogens is 1. The minimum atomic E-state index is 0.553. The van der Waals surface area contributed by atoms with E-state index in [0.29, 0.717) is 10.2 Å². The first-order chi connectivity index (χ1) is 10.1. The lowest BCUT2D eigenvalue weighted by Gasteiger charge is -2.18. The molecule has 21 heavy (non-hydrogen) atoms. The van der Waals surface area contributed by atoms with E-state index < -0.39 is 0 Å². The van der Waals surface area contributed by atoms with E-state index in [2.05, 4.69) is 22.0 Å². The number of nitrogen functional groups attached to an aromatic ring is 1. The molecule has 1 heterocycles. The van der Waals surface area contributed by atoms with Crippen molar-refractivity contribution in [1.29, 1.82) is 0 Å². The molecule has 0 saturated carbocycles. The van der Waals surface area contributed by atoms with Crippen LogP contribution in [0.15, 0.2) is 54.6 Å². The van der Waals surface area contributed by atoms with Gasteiger partial charge in [0.25, 0.3) is 0 Å². The van der Waals surface area contributed by atoms with Crippen molar-refractivity contribution < 1.29 is 0 Å². The number of thiazole rings is 1. The van der Waals surface area contributed by atoms with Gasteiger partial charge in [0.1, 0.15) is 10.7 Å². The predicted molar refractivity (Wildman–Crippen MR) is 91.5 cm³/mol. The third-order valence-corrected chi connectivity index (χ3v) is 4.40. The summed E-state index contributed by atoms with van der Waals surface area (Å²) < 4.78 is 0. The van der Waals surface area contributed by atoms with Gasteiger partial charge in [0.05, 0.1) is 0 Å². The summed E-state index contributed by atoms with van der Waals surface area (Å²) in [6.07, 6.45) is 0. The van der Waals surface area contributed by atoms with Crippen molar-refractivity contribution in [2.24, 2.45) is 0 Å². The third kappa shape index (κ3) is 2.86. The van der Waals surface area contributed by atoms with Crippen LogP contribution in [-0.2, 0) is 0 Å². The average Bonchev–Trinajstić information content (AvgIpc) is 2.90. The van der Waals surface area contributed by atoms with Crippen molar-refractivity contribution in [2.75, 3.05) is 17.7 Å². The predicted octanol–water partition coefficient (Wildman–Crippen LogP) is 4.81. The Kier molecular flexibility index (Phi) is 3.82. The van der Waals surface area contributed by atoms with Crippen LogP contribution in [0.4, 0.5) is 15.8 Å². The quantitative estimate of drug-likeness (QED) is 0.754. The van der Waals surface area contributed by atoms with Crippen molar-refractivity contribution in [2.45, 2.75) is 0 Å². The number of hydrogen-bond donors (Lipinski definition) is 1. The van der Waals surface area contributed by atoms with E-state index in [1.807, 2.05) is 49.5 Å². The van der Waals surface area contributed by atoms with E-state index in [9.17, 15) is 0 Å². The highest BCUT2D eigenvalue weighted by Gasteiger charge is 2.16. The van der Waals surface area contributed by atoms with E-state index in [0.717, 1.165) is 21.9 Å². The first kappa shape index (κ1) is 13.9. The summed E-state index contributed by atoms with van der Waals surface area (Å²) in [7, 11) is 2.02. The Hall–Kier alpha value is -2.04. The number of hydrogen-bond acceptors (Lipinski definition) is 4. The molecular formula is C16H14ClN3S. The number of aromatic nitrogens is 1. The molecule has 0 radical (unpaired) electrons. The van der Waals surface area contributed by atoms with Gasteiger partial charge >= 0.3 is 0 Å². The highest BCUT2D eigenvalue weighted by atomic mass is 35.5. The van der Waals surface area contributed by atoms with Crippen molar-refractivity contribution in [3.63, 3.8) is 0 Å². The van der Waals surface area contributed by atoms with Gasteiger partial charge in [0.15, 0.2) is 5.13 Å². The first-order valence-corrected chi connectivity index (χ1v) is 7.65. The Balaban J connectivity index is 2.05. The number of nitrogens with zero attached hydrogens (tertiary/aromatic N) is 2. The molecular weight excluding hydrogens is 302 g/mol. The van der Waals surface area contributed by atoms with Gasteiger partial charge in [-0.05, 0) is 24.3 Å². The summed E-state index contributed by atoms with van der Waals surface area (Å²) in [5.74, 6) is 0.